The van der Waals surface area contributed by atoms with Gasteiger partial charge in [0.2, 0.25) is 0 Å². The highest BCUT2D eigenvalue weighted by molar-refractivity contribution is 5.01. The summed E-state index contributed by atoms with van der Waals surface area (Å²) in [6.07, 6.45) is 12.2. The molecule has 1 N–H and O–H groups in total. The Hall–Kier alpha value is -1.00. The Morgan fingerprint density at radius 2 is 2.00 bits per heavy atom. The molecule has 1 aromatic heterocycles. The van der Waals surface area contributed by atoms with E-state index in [2.05, 4.69) is 20.2 Å². The van der Waals surface area contributed by atoms with Crippen LogP contribution in [-0.2, 0) is 6.54 Å². The van der Waals surface area contributed by atoms with Gasteiger partial charge < -0.3 is 5.32 Å². The molecule has 1 saturated carbocycles. The molecule has 4 nitrogen and oxygen atoms in total. The van der Waals surface area contributed by atoms with Gasteiger partial charge in [0.1, 0.15) is 0 Å². The van der Waals surface area contributed by atoms with Crippen molar-refractivity contribution < 1.29 is 0 Å². The summed E-state index contributed by atoms with van der Waals surface area (Å²) in [5.41, 5.74) is 2.10. The van der Waals surface area contributed by atoms with Gasteiger partial charge in [-0.15, -0.1) is 0 Å². The Labute approximate surface area is 128 Å². The minimum Gasteiger partial charge on any atom is -0.312 e. The summed E-state index contributed by atoms with van der Waals surface area (Å²) in [6, 6.07) is 0.672. The van der Waals surface area contributed by atoms with E-state index in [1.165, 1.54) is 51.6 Å². The first-order valence-corrected chi connectivity index (χ1v) is 8.54. The van der Waals surface area contributed by atoms with Gasteiger partial charge in [-0.05, 0) is 45.2 Å². The maximum absolute atomic E-state index is 4.52. The molecule has 2 heterocycles. The van der Waals surface area contributed by atoms with Crippen molar-refractivity contribution in [3.8, 4) is 0 Å². The zero-order chi connectivity index (χ0) is 14.5. The average Bonchev–Trinajstić information content (AvgIpc) is 2.76. The molecule has 0 radical (unpaired) electrons. The summed E-state index contributed by atoms with van der Waals surface area (Å²) < 4.78 is 0. The lowest BCUT2D eigenvalue weighted by molar-refractivity contribution is 0.200. The molecule has 0 amide bonds. The molecule has 0 aromatic carbocycles. The molecule has 0 bridgehead atoms. The predicted octanol–water partition coefficient (Wildman–Crippen LogP) is 2.53. The van der Waals surface area contributed by atoms with Gasteiger partial charge in [-0.1, -0.05) is 19.3 Å². The fourth-order valence-electron chi connectivity index (χ4n) is 3.75. The number of aryl methyl sites for hydroxylation is 1. The molecule has 2 aliphatic rings. The van der Waals surface area contributed by atoms with Crippen LogP contribution in [0, 0.1) is 12.8 Å². The number of aromatic nitrogens is 2. The topological polar surface area (TPSA) is 41.1 Å². The van der Waals surface area contributed by atoms with E-state index in [1.54, 1.807) is 0 Å². The Kier molecular flexibility index (Phi) is 5.20. The fourth-order valence-corrected chi connectivity index (χ4v) is 3.75. The van der Waals surface area contributed by atoms with E-state index in [9.17, 15) is 0 Å². The maximum Gasteiger partial charge on any atom is 0.0727 e. The van der Waals surface area contributed by atoms with Crippen molar-refractivity contribution in [3.63, 3.8) is 0 Å². The highest BCUT2D eigenvalue weighted by Gasteiger charge is 2.26. The lowest BCUT2D eigenvalue weighted by atomic mass is 9.83. The third-order valence-electron chi connectivity index (χ3n) is 4.95. The van der Waals surface area contributed by atoms with Crippen molar-refractivity contribution in [2.75, 3.05) is 19.6 Å². The number of nitrogens with one attached hydrogen (secondary N) is 1. The van der Waals surface area contributed by atoms with Crippen molar-refractivity contribution in [2.45, 2.75) is 58.0 Å². The number of nitrogens with zero attached hydrogens (tertiary/aromatic N) is 3. The molecule has 21 heavy (non-hydrogen) atoms. The SMILES string of the molecule is Cc1cnc(CN2CCCNC(C3CCCCC3)C2)cn1. The molecular formula is C17H28N4. The molecule has 1 aliphatic carbocycles. The number of hydrogen-bond acceptors (Lipinski definition) is 4. The lowest BCUT2D eigenvalue weighted by Crippen LogP contribution is -2.43. The van der Waals surface area contributed by atoms with Crippen LogP contribution in [0.4, 0.5) is 0 Å². The van der Waals surface area contributed by atoms with E-state index < -0.39 is 0 Å². The van der Waals surface area contributed by atoms with E-state index >= 15 is 0 Å². The highest BCUT2D eigenvalue weighted by Crippen LogP contribution is 2.27. The van der Waals surface area contributed by atoms with Crippen molar-refractivity contribution in [1.29, 1.82) is 0 Å². The normalized spacial score (nSPS) is 25.7. The van der Waals surface area contributed by atoms with Gasteiger partial charge >= 0.3 is 0 Å². The first-order chi connectivity index (χ1) is 10.3. The molecule has 1 atom stereocenters. The van der Waals surface area contributed by atoms with Crippen molar-refractivity contribution >= 4 is 0 Å². The molecule has 1 saturated heterocycles. The molecule has 116 valence electrons. The van der Waals surface area contributed by atoms with Gasteiger partial charge in [-0.3, -0.25) is 14.9 Å². The summed E-state index contributed by atoms with van der Waals surface area (Å²) >= 11 is 0. The van der Waals surface area contributed by atoms with Crippen molar-refractivity contribution in [1.82, 2.24) is 20.2 Å². The Morgan fingerprint density at radius 3 is 2.76 bits per heavy atom. The largest absolute Gasteiger partial charge is 0.312 e. The molecule has 1 unspecified atom stereocenters. The fraction of sp³-hybridized carbons (Fsp3) is 0.765. The molecule has 2 fully saturated rings. The van der Waals surface area contributed by atoms with Crippen LogP contribution >= 0.6 is 0 Å². The van der Waals surface area contributed by atoms with E-state index in [0.717, 1.165) is 30.4 Å². The summed E-state index contributed by atoms with van der Waals surface area (Å²) in [5.74, 6) is 0.878. The minimum atomic E-state index is 0.672. The van der Waals surface area contributed by atoms with Gasteiger partial charge in [0.05, 0.1) is 11.4 Å². The maximum atomic E-state index is 4.52. The van der Waals surface area contributed by atoms with Crippen LogP contribution < -0.4 is 5.32 Å². The smallest absolute Gasteiger partial charge is 0.0727 e. The zero-order valence-corrected chi connectivity index (χ0v) is 13.2. The predicted molar refractivity (Wildman–Crippen MR) is 85.0 cm³/mol. The van der Waals surface area contributed by atoms with Crippen LogP contribution in [-0.4, -0.2) is 40.5 Å². The monoisotopic (exact) mass is 288 g/mol. The summed E-state index contributed by atoms with van der Waals surface area (Å²) in [7, 11) is 0. The Morgan fingerprint density at radius 1 is 1.14 bits per heavy atom. The molecule has 4 heteroatoms. The molecule has 1 aromatic rings. The highest BCUT2D eigenvalue weighted by atomic mass is 15.2. The summed E-state index contributed by atoms with van der Waals surface area (Å²) in [5, 5.41) is 3.80. The minimum absolute atomic E-state index is 0.672. The second kappa shape index (κ2) is 7.32. The second-order valence-electron chi connectivity index (χ2n) is 6.70. The third-order valence-corrected chi connectivity index (χ3v) is 4.95. The van der Waals surface area contributed by atoms with Crippen LogP contribution in [0.25, 0.3) is 0 Å². The molecular weight excluding hydrogens is 260 g/mol. The van der Waals surface area contributed by atoms with Crippen LogP contribution in [0.1, 0.15) is 49.9 Å². The van der Waals surface area contributed by atoms with Crippen LogP contribution in [0.2, 0.25) is 0 Å². The lowest BCUT2D eigenvalue weighted by Gasteiger charge is -2.32. The quantitative estimate of drug-likeness (QED) is 0.928. The summed E-state index contributed by atoms with van der Waals surface area (Å²) in [4.78, 5) is 11.5. The van der Waals surface area contributed by atoms with E-state index in [-0.39, 0.29) is 0 Å². The Balaban J connectivity index is 1.60. The number of rotatable bonds is 3. The zero-order valence-electron chi connectivity index (χ0n) is 13.2. The second-order valence-corrected chi connectivity index (χ2v) is 6.70. The van der Waals surface area contributed by atoms with Gasteiger partial charge in [0.15, 0.2) is 0 Å². The van der Waals surface area contributed by atoms with Gasteiger partial charge in [0, 0.05) is 31.5 Å². The third kappa shape index (κ3) is 4.24. The van der Waals surface area contributed by atoms with Gasteiger partial charge in [-0.25, -0.2) is 0 Å². The molecule has 3 rings (SSSR count). The van der Waals surface area contributed by atoms with Gasteiger partial charge in [-0.2, -0.15) is 0 Å². The van der Waals surface area contributed by atoms with E-state index in [0.29, 0.717) is 6.04 Å². The van der Waals surface area contributed by atoms with Crippen LogP contribution in [0.5, 0.6) is 0 Å². The summed E-state index contributed by atoms with van der Waals surface area (Å²) in [6.45, 7) is 6.44. The van der Waals surface area contributed by atoms with E-state index in [1.807, 2.05) is 19.3 Å². The number of hydrogen-bond donors (Lipinski definition) is 1. The van der Waals surface area contributed by atoms with E-state index in [4.69, 9.17) is 0 Å². The van der Waals surface area contributed by atoms with Crippen molar-refractivity contribution in [3.05, 3.63) is 23.8 Å². The van der Waals surface area contributed by atoms with Crippen LogP contribution in [0.15, 0.2) is 12.4 Å². The Bertz CT molecular complexity index is 425. The van der Waals surface area contributed by atoms with Gasteiger partial charge in [0.25, 0.3) is 0 Å². The first-order valence-electron chi connectivity index (χ1n) is 8.54. The first kappa shape index (κ1) is 14.9. The molecule has 0 spiro atoms. The van der Waals surface area contributed by atoms with Crippen LogP contribution in [0.3, 0.4) is 0 Å². The van der Waals surface area contributed by atoms with Crippen molar-refractivity contribution in [2.24, 2.45) is 5.92 Å². The average molecular weight is 288 g/mol. The molecule has 1 aliphatic heterocycles. The standard InChI is InChI=1S/C17H28N4/c1-14-10-20-16(11-19-14)12-21-9-5-8-18-17(13-21)15-6-3-2-4-7-15/h10-11,15,17-18H,2-9,12-13H2,1H3.